The van der Waals surface area contributed by atoms with Crippen LogP contribution in [0.5, 0.6) is 0 Å². The number of nitrogens with one attached hydrogen (secondary N) is 1. The van der Waals surface area contributed by atoms with E-state index < -0.39 is 5.97 Å². The number of carboxylic acids is 1. The number of hydrogen-bond donors (Lipinski definition) is 2. The summed E-state index contributed by atoms with van der Waals surface area (Å²) in [6, 6.07) is 4.88. The van der Waals surface area contributed by atoms with Gasteiger partial charge in [0.1, 0.15) is 5.82 Å². The van der Waals surface area contributed by atoms with Crippen molar-refractivity contribution in [3.05, 3.63) is 36.2 Å². The van der Waals surface area contributed by atoms with Gasteiger partial charge in [-0.15, -0.1) is 0 Å². The lowest BCUT2D eigenvalue weighted by Gasteiger charge is -2.01. The van der Waals surface area contributed by atoms with E-state index in [0.29, 0.717) is 11.6 Å². The Balaban J connectivity index is 2.14. The molecule has 2 aromatic rings. The quantitative estimate of drug-likeness (QED) is 0.810. The Bertz CT molecular complexity index is 504. The van der Waals surface area contributed by atoms with Gasteiger partial charge in [-0.3, -0.25) is 4.68 Å². The molecule has 0 radical (unpaired) electrons. The number of hydrogen-bond acceptors (Lipinski definition) is 4. The van der Waals surface area contributed by atoms with Gasteiger partial charge in [0.2, 0.25) is 0 Å². The molecule has 6 heteroatoms. The van der Waals surface area contributed by atoms with E-state index >= 15 is 0 Å². The molecule has 2 rings (SSSR count). The second-order valence-corrected chi connectivity index (χ2v) is 3.24. The second kappa shape index (κ2) is 4.01. The predicted octanol–water partition coefficient (Wildman–Crippen LogP) is 1.26. The monoisotopic (exact) mass is 218 g/mol. The maximum absolute atomic E-state index is 10.6. The Labute approximate surface area is 91.6 Å². The van der Waals surface area contributed by atoms with Crippen molar-refractivity contribution >= 4 is 17.6 Å². The van der Waals surface area contributed by atoms with E-state index in [-0.39, 0.29) is 5.56 Å². The molecule has 6 nitrogen and oxygen atoms in total. The SMILES string of the molecule is Cn1ccc(Nc2ccc(C(=O)O)cn2)n1. The number of nitrogens with zero attached hydrogens (tertiary/aromatic N) is 3. The van der Waals surface area contributed by atoms with E-state index in [1.165, 1.54) is 12.3 Å². The van der Waals surface area contributed by atoms with Gasteiger partial charge < -0.3 is 10.4 Å². The molecule has 0 spiro atoms. The van der Waals surface area contributed by atoms with Crippen molar-refractivity contribution < 1.29 is 9.90 Å². The third-order valence-electron chi connectivity index (χ3n) is 1.98. The minimum atomic E-state index is -0.989. The molecule has 0 bridgehead atoms. The highest BCUT2D eigenvalue weighted by atomic mass is 16.4. The molecule has 0 unspecified atom stereocenters. The van der Waals surface area contributed by atoms with Crippen LogP contribution in [0.2, 0.25) is 0 Å². The number of pyridine rings is 1. The topological polar surface area (TPSA) is 80.0 Å². The van der Waals surface area contributed by atoms with Gasteiger partial charge in [0.05, 0.1) is 5.56 Å². The Hall–Kier alpha value is -2.37. The molecule has 0 aliphatic rings. The molecule has 0 saturated heterocycles. The molecular weight excluding hydrogens is 208 g/mol. The molecule has 2 aromatic heterocycles. The maximum atomic E-state index is 10.6. The first-order valence-electron chi connectivity index (χ1n) is 4.61. The molecule has 0 atom stereocenters. The average molecular weight is 218 g/mol. The summed E-state index contributed by atoms with van der Waals surface area (Å²) in [5, 5.41) is 15.8. The van der Waals surface area contributed by atoms with E-state index in [1.807, 2.05) is 7.05 Å². The van der Waals surface area contributed by atoms with E-state index in [0.717, 1.165) is 0 Å². The van der Waals surface area contributed by atoms with Crippen LogP contribution in [0, 0.1) is 0 Å². The van der Waals surface area contributed by atoms with Gasteiger partial charge in [-0.2, -0.15) is 5.10 Å². The summed E-state index contributed by atoms with van der Waals surface area (Å²) < 4.78 is 1.66. The summed E-state index contributed by atoms with van der Waals surface area (Å²) in [7, 11) is 1.81. The maximum Gasteiger partial charge on any atom is 0.337 e. The zero-order valence-electron chi connectivity index (χ0n) is 8.58. The summed E-state index contributed by atoms with van der Waals surface area (Å²) in [6.45, 7) is 0. The van der Waals surface area contributed by atoms with Crippen molar-refractivity contribution in [2.75, 3.05) is 5.32 Å². The molecule has 2 N–H and O–H groups in total. The third-order valence-corrected chi connectivity index (χ3v) is 1.98. The van der Waals surface area contributed by atoms with Gasteiger partial charge in [-0.05, 0) is 12.1 Å². The molecule has 82 valence electrons. The van der Waals surface area contributed by atoms with Crippen LogP contribution in [-0.2, 0) is 7.05 Å². The fourth-order valence-electron chi connectivity index (χ4n) is 1.21. The lowest BCUT2D eigenvalue weighted by Crippen LogP contribution is -1.99. The number of rotatable bonds is 3. The fraction of sp³-hybridized carbons (Fsp3) is 0.100. The number of carboxylic acid groups (broad SMARTS) is 1. The van der Waals surface area contributed by atoms with Crippen molar-refractivity contribution in [3.63, 3.8) is 0 Å². The van der Waals surface area contributed by atoms with Crippen molar-refractivity contribution in [2.24, 2.45) is 7.05 Å². The lowest BCUT2D eigenvalue weighted by atomic mass is 10.3. The average Bonchev–Trinajstić information content (AvgIpc) is 2.65. The van der Waals surface area contributed by atoms with Crippen molar-refractivity contribution in [2.45, 2.75) is 0 Å². The summed E-state index contributed by atoms with van der Waals surface area (Å²) in [5.41, 5.74) is 0.159. The van der Waals surface area contributed by atoms with Gasteiger partial charge >= 0.3 is 5.97 Å². The van der Waals surface area contributed by atoms with Gasteiger partial charge in [0, 0.05) is 25.5 Å². The van der Waals surface area contributed by atoms with Crippen molar-refractivity contribution in [1.82, 2.24) is 14.8 Å². The predicted molar refractivity (Wildman–Crippen MR) is 57.7 cm³/mol. The third kappa shape index (κ3) is 2.17. The smallest absolute Gasteiger partial charge is 0.337 e. The molecule has 0 aliphatic heterocycles. The van der Waals surface area contributed by atoms with Gasteiger partial charge in [-0.1, -0.05) is 0 Å². The number of carbonyl (C=O) groups is 1. The highest BCUT2D eigenvalue weighted by molar-refractivity contribution is 5.87. The molecule has 16 heavy (non-hydrogen) atoms. The van der Waals surface area contributed by atoms with Crippen LogP contribution < -0.4 is 5.32 Å². The zero-order chi connectivity index (χ0) is 11.5. The number of anilines is 2. The summed E-state index contributed by atoms with van der Waals surface area (Å²) in [6.07, 6.45) is 3.10. The van der Waals surface area contributed by atoms with Gasteiger partial charge in [0.25, 0.3) is 0 Å². The highest BCUT2D eigenvalue weighted by Crippen LogP contribution is 2.11. The van der Waals surface area contributed by atoms with Gasteiger partial charge in [0.15, 0.2) is 5.82 Å². The summed E-state index contributed by atoms with van der Waals surface area (Å²) in [4.78, 5) is 14.6. The largest absolute Gasteiger partial charge is 0.478 e. The Morgan fingerprint density at radius 3 is 2.69 bits per heavy atom. The normalized spacial score (nSPS) is 10.1. The Morgan fingerprint density at radius 1 is 1.38 bits per heavy atom. The molecule has 0 aliphatic carbocycles. The van der Waals surface area contributed by atoms with Crippen LogP contribution in [0.4, 0.5) is 11.6 Å². The van der Waals surface area contributed by atoms with E-state index in [1.54, 1.807) is 23.0 Å². The molecule has 0 saturated carbocycles. The second-order valence-electron chi connectivity index (χ2n) is 3.24. The van der Waals surface area contributed by atoms with Gasteiger partial charge in [-0.25, -0.2) is 9.78 Å². The zero-order valence-corrected chi connectivity index (χ0v) is 8.58. The number of aromatic carboxylic acids is 1. The number of aromatic nitrogens is 3. The first-order chi connectivity index (χ1) is 7.65. The minimum Gasteiger partial charge on any atom is -0.478 e. The van der Waals surface area contributed by atoms with Crippen LogP contribution in [0.1, 0.15) is 10.4 Å². The molecule has 0 amide bonds. The molecule has 0 aromatic carbocycles. The van der Waals surface area contributed by atoms with Crippen LogP contribution in [0.25, 0.3) is 0 Å². The van der Waals surface area contributed by atoms with Crippen LogP contribution >= 0.6 is 0 Å². The summed E-state index contributed by atoms with van der Waals surface area (Å²) in [5.74, 6) is 0.235. The lowest BCUT2D eigenvalue weighted by molar-refractivity contribution is 0.0696. The Morgan fingerprint density at radius 2 is 2.19 bits per heavy atom. The summed E-state index contributed by atoms with van der Waals surface area (Å²) >= 11 is 0. The minimum absolute atomic E-state index is 0.159. The fourth-order valence-corrected chi connectivity index (χ4v) is 1.21. The van der Waals surface area contributed by atoms with Crippen molar-refractivity contribution in [1.29, 1.82) is 0 Å². The van der Waals surface area contributed by atoms with E-state index in [9.17, 15) is 4.79 Å². The standard InChI is InChI=1S/C10H10N4O2/c1-14-5-4-9(13-14)12-8-3-2-7(6-11-8)10(15)16/h2-6H,1H3,(H,15,16)(H,11,12,13). The van der Waals surface area contributed by atoms with E-state index in [4.69, 9.17) is 5.11 Å². The molecular formula is C10H10N4O2. The van der Waals surface area contributed by atoms with E-state index in [2.05, 4.69) is 15.4 Å². The first kappa shape index (κ1) is 10.2. The molecule has 0 fully saturated rings. The molecule has 2 heterocycles. The number of aryl methyl sites for hydroxylation is 1. The highest BCUT2D eigenvalue weighted by Gasteiger charge is 2.03. The van der Waals surface area contributed by atoms with Crippen molar-refractivity contribution in [3.8, 4) is 0 Å². The van der Waals surface area contributed by atoms with Crippen LogP contribution in [-0.4, -0.2) is 25.8 Å². The van der Waals surface area contributed by atoms with Crippen LogP contribution in [0.15, 0.2) is 30.6 Å². The first-order valence-corrected chi connectivity index (χ1v) is 4.61. The van der Waals surface area contributed by atoms with Crippen LogP contribution in [0.3, 0.4) is 0 Å². The Kier molecular flexibility index (Phi) is 2.55.